The maximum atomic E-state index is 12.4. The third-order valence-corrected chi connectivity index (χ3v) is 4.73. The Morgan fingerprint density at radius 1 is 1.19 bits per heavy atom. The van der Waals surface area contributed by atoms with Crippen LogP contribution in [0.15, 0.2) is 24.3 Å². The maximum Gasteiger partial charge on any atom is 0.272 e. The molecule has 146 valence electrons. The van der Waals surface area contributed by atoms with E-state index in [0.29, 0.717) is 37.4 Å². The molecular formula is C19H26ClN5O2. The summed E-state index contributed by atoms with van der Waals surface area (Å²) in [4.78, 5) is 26.5. The Kier molecular flexibility index (Phi) is 7.38. The summed E-state index contributed by atoms with van der Waals surface area (Å²) in [5.41, 5.74) is 4.05. The summed E-state index contributed by atoms with van der Waals surface area (Å²) in [6, 6.07) is 7.36. The molecule has 0 unspecified atom stereocenters. The van der Waals surface area contributed by atoms with E-state index in [-0.39, 0.29) is 24.2 Å². The van der Waals surface area contributed by atoms with Gasteiger partial charge >= 0.3 is 0 Å². The minimum absolute atomic E-state index is 0. The first-order valence-corrected chi connectivity index (χ1v) is 9.07. The van der Waals surface area contributed by atoms with Crippen LogP contribution in [-0.4, -0.2) is 46.5 Å². The van der Waals surface area contributed by atoms with Crippen molar-refractivity contribution in [3.63, 3.8) is 0 Å². The van der Waals surface area contributed by atoms with E-state index in [1.165, 1.54) is 0 Å². The Hall–Kier alpha value is -2.38. The first-order chi connectivity index (χ1) is 12.6. The Balaban J connectivity index is 0.00000261. The zero-order chi connectivity index (χ0) is 18.5. The lowest BCUT2D eigenvalue weighted by molar-refractivity contribution is 0.0772. The fraction of sp³-hybridized carbons (Fsp3) is 0.421. The molecule has 8 heteroatoms. The monoisotopic (exact) mass is 391 g/mol. The molecule has 0 fully saturated rings. The number of aromatic nitrogens is 2. The first-order valence-electron chi connectivity index (χ1n) is 9.07. The summed E-state index contributed by atoms with van der Waals surface area (Å²) >= 11 is 0. The van der Waals surface area contributed by atoms with Gasteiger partial charge in [0.05, 0.1) is 0 Å². The van der Waals surface area contributed by atoms with Crippen LogP contribution < -0.4 is 10.6 Å². The molecule has 2 aromatic rings. The molecule has 1 aliphatic heterocycles. The molecular weight excluding hydrogens is 366 g/mol. The van der Waals surface area contributed by atoms with Crippen LogP contribution in [0.4, 0.5) is 0 Å². The fourth-order valence-electron chi connectivity index (χ4n) is 3.14. The minimum Gasteiger partial charge on any atom is -0.347 e. The van der Waals surface area contributed by atoms with Gasteiger partial charge in [-0.2, -0.15) is 5.10 Å². The van der Waals surface area contributed by atoms with E-state index in [9.17, 15) is 9.59 Å². The second-order valence-corrected chi connectivity index (χ2v) is 6.31. The van der Waals surface area contributed by atoms with Crippen LogP contribution in [0.1, 0.15) is 51.5 Å². The molecule has 0 radical (unpaired) electrons. The van der Waals surface area contributed by atoms with Crippen molar-refractivity contribution in [2.24, 2.45) is 0 Å². The molecule has 3 rings (SSSR count). The number of hydrogen-bond acceptors (Lipinski definition) is 4. The lowest BCUT2D eigenvalue weighted by Gasteiger charge is -2.18. The number of fused-ring (bicyclic) bond motifs is 1. The maximum absolute atomic E-state index is 12.4. The van der Waals surface area contributed by atoms with Gasteiger partial charge in [0.1, 0.15) is 0 Å². The van der Waals surface area contributed by atoms with Gasteiger partial charge in [-0.05, 0) is 31.5 Å². The van der Waals surface area contributed by atoms with Crippen LogP contribution in [0.5, 0.6) is 0 Å². The summed E-state index contributed by atoms with van der Waals surface area (Å²) in [6.45, 7) is 7.27. The smallest absolute Gasteiger partial charge is 0.272 e. The molecule has 1 aromatic carbocycles. The Bertz CT molecular complexity index is 784. The topological polar surface area (TPSA) is 90.1 Å². The van der Waals surface area contributed by atoms with Gasteiger partial charge in [-0.1, -0.05) is 12.1 Å². The van der Waals surface area contributed by atoms with Crippen molar-refractivity contribution in [1.82, 2.24) is 25.7 Å². The molecule has 2 heterocycles. The van der Waals surface area contributed by atoms with Gasteiger partial charge in [0, 0.05) is 56.0 Å². The number of carbonyl (C=O) groups excluding carboxylic acids is 2. The Morgan fingerprint density at radius 2 is 1.89 bits per heavy atom. The van der Waals surface area contributed by atoms with Crippen molar-refractivity contribution in [3.05, 3.63) is 52.3 Å². The van der Waals surface area contributed by atoms with Gasteiger partial charge in [-0.15, -0.1) is 12.4 Å². The zero-order valence-electron chi connectivity index (χ0n) is 15.7. The molecule has 0 spiro atoms. The van der Waals surface area contributed by atoms with Gasteiger partial charge in [0.25, 0.3) is 11.8 Å². The third-order valence-electron chi connectivity index (χ3n) is 4.73. The fourth-order valence-corrected chi connectivity index (χ4v) is 3.14. The number of carbonyl (C=O) groups is 2. The van der Waals surface area contributed by atoms with E-state index >= 15 is 0 Å². The number of nitrogens with one attached hydrogen (secondary N) is 3. The lowest BCUT2D eigenvalue weighted by Crippen LogP contribution is -2.30. The average molecular weight is 392 g/mol. The van der Waals surface area contributed by atoms with E-state index in [1.54, 1.807) is 4.90 Å². The predicted molar refractivity (Wildman–Crippen MR) is 106 cm³/mol. The summed E-state index contributed by atoms with van der Waals surface area (Å²) in [6.07, 6.45) is 0.859. The van der Waals surface area contributed by atoms with Crippen molar-refractivity contribution in [2.45, 2.75) is 33.4 Å². The van der Waals surface area contributed by atoms with Crippen LogP contribution in [0.25, 0.3) is 0 Å². The van der Waals surface area contributed by atoms with E-state index in [2.05, 4.69) is 20.8 Å². The van der Waals surface area contributed by atoms with E-state index in [0.717, 1.165) is 29.8 Å². The van der Waals surface area contributed by atoms with Crippen LogP contribution in [0.3, 0.4) is 0 Å². The highest BCUT2D eigenvalue weighted by molar-refractivity contribution is 5.95. The lowest BCUT2D eigenvalue weighted by atomic mass is 10.1. The van der Waals surface area contributed by atoms with Gasteiger partial charge in [0.2, 0.25) is 0 Å². The minimum atomic E-state index is -0.186. The largest absolute Gasteiger partial charge is 0.347 e. The number of benzene rings is 1. The summed E-state index contributed by atoms with van der Waals surface area (Å²) in [5, 5.41) is 13.3. The Morgan fingerprint density at radius 3 is 2.56 bits per heavy atom. The molecule has 27 heavy (non-hydrogen) atoms. The van der Waals surface area contributed by atoms with Gasteiger partial charge < -0.3 is 15.5 Å². The number of hydrogen-bond donors (Lipinski definition) is 3. The van der Waals surface area contributed by atoms with Crippen LogP contribution in [0.2, 0.25) is 0 Å². The number of halogens is 1. The molecule has 1 aliphatic rings. The van der Waals surface area contributed by atoms with Crippen molar-refractivity contribution >= 4 is 24.2 Å². The van der Waals surface area contributed by atoms with Gasteiger partial charge in [0.15, 0.2) is 5.69 Å². The zero-order valence-corrected chi connectivity index (χ0v) is 16.5. The summed E-state index contributed by atoms with van der Waals surface area (Å²) in [5.74, 6) is -0.157. The number of amides is 2. The molecule has 2 amide bonds. The summed E-state index contributed by atoms with van der Waals surface area (Å²) < 4.78 is 0. The molecule has 3 N–H and O–H groups in total. The molecule has 0 saturated carbocycles. The molecule has 0 bridgehead atoms. The van der Waals surface area contributed by atoms with Crippen LogP contribution in [0, 0.1) is 0 Å². The van der Waals surface area contributed by atoms with Crippen molar-refractivity contribution in [3.8, 4) is 0 Å². The molecule has 1 aromatic heterocycles. The number of H-pyrrole nitrogens is 1. The predicted octanol–water partition coefficient (Wildman–Crippen LogP) is 1.89. The normalized spacial score (nSPS) is 12.7. The van der Waals surface area contributed by atoms with Crippen LogP contribution in [-0.2, 0) is 19.5 Å². The third kappa shape index (κ3) is 4.67. The first kappa shape index (κ1) is 20.9. The standard InChI is InChI=1S/C19H25N5O2.ClH/c1-3-24(4-2)19(26)14-7-5-13(6-8-14)11-21-18(25)17-15-12-20-10-9-16(15)22-23-17;/h5-8,20H,3-4,9-12H2,1-2H3,(H,21,25)(H,22,23);1H. The molecule has 0 aliphatic carbocycles. The van der Waals surface area contributed by atoms with Crippen LogP contribution >= 0.6 is 12.4 Å². The van der Waals surface area contributed by atoms with E-state index < -0.39 is 0 Å². The molecule has 0 atom stereocenters. The van der Waals surface area contributed by atoms with Gasteiger partial charge in [-0.3, -0.25) is 14.7 Å². The van der Waals surface area contributed by atoms with Crippen molar-refractivity contribution in [2.75, 3.05) is 19.6 Å². The quantitative estimate of drug-likeness (QED) is 0.701. The highest BCUT2D eigenvalue weighted by Crippen LogP contribution is 2.15. The van der Waals surface area contributed by atoms with Crippen molar-refractivity contribution in [1.29, 1.82) is 0 Å². The number of aromatic amines is 1. The highest BCUT2D eigenvalue weighted by atomic mass is 35.5. The van der Waals surface area contributed by atoms with E-state index in [4.69, 9.17) is 0 Å². The second kappa shape index (κ2) is 9.53. The number of nitrogens with zero attached hydrogens (tertiary/aromatic N) is 2. The number of rotatable bonds is 6. The summed E-state index contributed by atoms with van der Waals surface area (Å²) in [7, 11) is 0. The van der Waals surface area contributed by atoms with Gasteiger partial charge in [-0.25, -0.2) is 0 Å². The van der Waals surface area contributed by atoms with E-state index in [1.807, 2.05) is 38.1 Å². The molecule has 0 saturated heterocycles. The average Bonchev–Trinajstić information content (AvgIpc) is 3.11. The SMILES string of the molecule is CCN(CC)C(=O)c1ccc(CNC(=O)c2n[nH]c3c2CNCC3)cc1.Cl. The van der Waals surface area contributed by atoms with Crippen molar-refractivity contribution < 1.29 is 9.59 Å². The second-order valence-electron chi connectivity index (χ2n) is 6.31. The molecule has 7 nitrogen and oxygen atoms in total. The highest BCUT2D eigenvalue weighted by Gasteiger charge is 2.21. The Labute approximate surface area is 165 Å².